The summed E-state index contributed by atoms with van der Waals surface area (Å²) in [5.41, 5.74) is 1.70. The van der Waals surface area contributed by atoms with Gasteiger partial charge in [-0.3, -0.25) is 5.32 Å². The molecular formula is C38H43Cl2F2N3O8S. The van der Waals surface area contributed by atoms with Crippen molar-refractivity contribution in [2.24, 2.45) is 5.92 Å². The van der Waals surface area contributed by atoms with Gasteiger partial charge in [-0.05, 0) is 74.3 Å². The molecule has 0 amide bonds. The molecule has 3 N–H and O–H groups in total. The van der Waals surface area contributed by atoms with Gasteiger partial charge < -0.3 is 34.1 Å². The number of rotatable bonds is 18. The Morgan fingerprint density at radius 3 is 2.39 bits per heavy atom. The fraction of sp³-hybridized carbons (Fsp3) is 0.395. The van der Waals surface area contributed by atoms with E-state index in [0.29, 0.717) is 38.6 Å². The molecule has 1 saturated heterocycles. The van der Waals surface area contributed by atoms with Crippen molar-refractivity contribution in [2.75, 3.05) is 47.1 Å². The third-order valence-electron chi connectivity index (χ3n) is 8.75. The Morgan fingerprint density at radius 1 is 0.981 bits per heavy atom. The summed E-state index contributed by atoms with van der Waals surface area (Å²) < 4.78 is 53.6. The molecule has 1 aliphatic rings. The molecule has 0 saturated carbocycles. The first-order chi connectivity index (χ1) is 25.6. The molecule has 2 atom stereocenters. The molecule has 1 unspecified atom stereocenters. The van der Waals surface area contributed by atoms with E-state index in [-0.39, 0.29) is 49.1 Å². The van der Waals surface area contributed by atoms with E-state index in [9.17, 15) is 18.4 Å². The summed E-state index contributed by atoms with van der Waals surface area (Å²) in [7, 11) is 3.57. The van der Waals surface area contributed by atoms with Crippen LogP contribution >= 0.6 is 34.5 Å². The number of hydrogen-bond donors (Lipinski definition) is 1. The molecule has 0 radical (unpaired) electrons. The molecule has 1 fully saturated rings. The van der Waals surface area contributed by atoms with E-state index in [4.69, 9.17) is 42.1 Å². The number of carbonyl (C=O) groups is 2. The number of benzene rings is 2. The van der Waals surface area contributed by atoms with Crippen molar-refractivity contribution in [3.63, 3.8) is 0 Å². The van der Waals surface area contributed by atoms with Crippen LogP contribution < -0.4 is 19.8 Å². The number of piperidine rings is 1. The van der Waals surface area contributed by atoms with Gasteiger partial charge in [-0.25, -0.2) is 14.6 Å². The molecule has 0 bridgehead atoms. The average Bonchev–Trinajstić information content (AvgIpc) is 3.63. The molecule has 2 aromatic heterocycles. The van der Waals surface area contributed by atoms with Gasteiger partial charge in [0.2, 0.25) is 0 Å². The number of esters is 2. The number of methoxy groups -OCH3 is 1. The Labute approximate surface area is 326 Å². The average molecular weight is 811 g/mol. The predicted molar refractivity (Wildman–Crippen MR) is 199 cm³/mol. The van der Waals surface area contributed by atoms with E-state index in [1.165, 1.54) is 36.6 Å². The van der Waals surface area contributed by atoms with Gasteiger partial charge in [0.15, 0.2) is 23.9 Å². The van der Waals surface area contributed by atoms with Crippen molar-refractivity contribution in [1.82, 2.24) is 10.2 Å². The number of H-pyrrole nitrogens is 1. The first kappa shape index (κ1) is 42.8. The first-order valence-corrected chi connectivity index (χ1v) is 18.7. The van der Waals surface area contributed by atoms with Crippen LogP contribution in [0.25, 0.3) is 0 Å². The maximum atomic E-state index is 13.7. The third kappa shape index (κ3) is 12.3. The Kier molecular flexibility index (Phi) is 16.9. The predicted octanol–water partition coefficient (Wildman–Crippen LogP) is 7.18. The highest BCUT2D eigenvalue weighted by atomic mass is 35.5. The molecule has 11 nitrogen and oxygen atoms in total. The van der Waals surface area contributed by atoms with E-state index in [1.54, 1.807) is 24.5 Å². The van der Waals surface area contributed by atoms with E-state index in [2.05, 4.69) is 27.0 Å². The lowest BCUT2D eigenvalue weighted by Gasteiger charge is -2.29. The lowest BCUT2D eigenvalue weighted by atomic mass is 9.98. The fourth-order valence-corrected chi connectivity index (χ4v) is 7.19. The molecule has 0 spiro atoms. The smallest absolute Gasteiger partial charge is 0.387 e. The molecule has 16 heteroatoms. The number of ether oxygens (including phenoxy) is 5. The van der Waals surface area contributed by atoms with Gasteiger partial charge in [-0.1, -0.05) is 59.6 Å². The second kappa shape index (κ2) is 21.3. The van der Waals surface area contributed by atoms with Crippen molar-refractivity contribution in [2.45, 2.75) is 44.6 Å². The summed E-state index contributed by atoms with van der Waals surface area (Å²) in [6.45, 7) is -0.222. The minimum absolute atomic E-state index is 0. The SMILES string of the molecule is COCCOc1cc([C@H](Cc2c(Cl)c[nH+]cc2Cl)OC(=O)c2ccc(CNC(C(=O)OCC3CCN(C)CC3)c3ccccc3)s2)ccc1OC(F)F.[OH-]. The largest absolute Gasteiger partial charge is 0.870 e. The Balaban J connectivity index is 0.00000650. The summed E-state index contributed by atoms with van der Waals surface area (Å²) in [4.78, 5) is 33.3. The van der Waals surface area contributed by atoms with Gasteiger partial charge in [0.1, 0.15) is 33.7 Å². The van der Waals surface area contributed by atoms with Crippen molar-refractivity contribution in [3.8, 4) is 11.5 Å². The molecule has 4 aromatic rings. The third-order valence-corrected chi connectivity index (χ3v) is 10.5. The minimum atomic E-state index is -3.09. The topological polar surface area (TPSA) is 140 Å². The Morgan fingerprint density at radius 2 is 1.70 bits per heavy atom. The second-order valence-electron chi connectivity index (χ2n) is 12.5. The van der Waals surface area contributed by atoms with Crippen molar-refractivity contribution in [3.05, 3.63) is 110 Å². The van der Waals surface area contributed by atoms with Gasteiger partial charge in [0.05, 0.1) is 13.2 Å². The molecule has 2 aromatic carbocycles. The monoisotopic (exact) mass is 809 g/mol. The minimum Gasteiger partial charge on any atom is -0.870 e. The summed E-state index contributed by atoms with van der Waals surface area (Å²) >= 11 is 14.1. The van der Waals surface area contributed by atoms with Crippen LogP contribution in [0.2, 0.25) is 10.0 Å². The highest BCUT2D eigenvalue weighted by molar-refractivity contribution is 7.13. The van der Waals surface area contributed by atoms with Gasteiger partial charge in [-0.15, -0.1) is 11.3 Å². The number of alkyl halides is 2. The van der Waals surface area contributed by atoms with E-state index >= 15 is 0 Å². The highest BCUT2D eigenvalue weighted by Gasteiger charge is 2.27. The van der Waals surface area contributed by atoms with E-state index < -0.39 is 24.7 Å². The number of aromatic nitrogens is 1. The zero-order valence-corrected chi connectivity index (χ0v) is 32.1. The number of aromatic amines is 1. The van der Waals surface area contributed by atoms with E-state index in [1.807, 2.05) is 30.3 Å². The number of thiophene rings is 1. The van der Waals surface area contributed by atoms with E-state index in [0.717, 1.165) is 36.4 Å². The summed E-state index contributed by atoms with van der Waals surface area (Å²) in [5.74, 6) is -0.840. The maximum absolute atomic E-state index is 13.7. The van der Waals surface area contributed by atoms with Crippen LogP contribution in [0.15, 0.2) is 73.1 Å². The summed E-state index contributed by atoms with van der Waals surface area (Å²) in [6.07, 6.45) is 4.15. The van der Waals surface area contributed by atoms with Crippen LogP contribution in [0.4, 0.5) is 8.78 Å². The molecule has 54 heavy (non-hydrogen) atoms. The number of carbonyl (C=O) groups excluding carboxylic acids is 2. The normalized spacial score (nSPS) is 14.6. The molecule has 3 heterocycles. The Hall–Kier alpha value is -3.89. The van der Waals surface area contributed by atoms with Crippen LogP contribution in [-0.4, -0.2) is 76.0 Å². The maximum Gasteiger partial charge on any atom is 0.387 e. The van der Waals surface area contributed by atoms with Crippen LogP contribution in [0.3, 0.4) is 0 Å². The number of halogens is 4. The van der Waals surface area contributed by atoms with Crippen LogP contribution in [0.5, 0.6) is 11.5 Å². The van der Waals surface area contributed by atoms with Gasteiger partial charge in [0.25, 0.3) is 0 Å². The number of nitrogens with zero attached hydrogens (tertiary/aromatic N) is 1. The number of likely N-dealkylation sites (tertiary alicyclic amines) is 1. The van der Waals surface area contributed by atoms with Crippen LogP contribution in [0.1, 0.15) is 56.2 Å². The standard InChI is InChI=1S/C38H41Cl2F2N3O7S.H2O/c1-45-14-12-24(13-15-45)23-50-37(47)35(25-6-4-3-5-7-25)44-20-27-9-11-34(53-27)36(46)51-32(19-28-29(39)21-43-22-30(28)40)26-8-10-31(52-38(41)42)33(18-26)49-17-16-48-2;/h3-11,18,21-22,24,32,35,38,44H,12-17,19-20,23H2,1-2H3;1H2/t32-,35?;/m0./s1. The second-order valence-corrected chi connectivity index (χ2v) is 14.5. The quantitative estimate of drug-likeness (QED) is 0.0813. The molecule has 1 aliphatic heterocycles. The van der Waals surface area contributed by atoms with Gasteiger partial charge in [-0.2, -0.15) is 8.78 Å². The zero-order chi connectivity index (χ0) is 37.7. The molecule has 5 rings (SSSR count). The number of nitrogens with one attached hydrogen (secondary N) is 2. The molecule has 292 valence electrons. The lowest BCUT2D eigenvalue weighted by molar-refractivity contribution is -0.377. The highest BCUT2D eigenvalue weighted by Crippen LogP contribution is 2.37. The lowest BCUT2D eigenvalue weighted by Crippen LogP contribution is -2.34. The molecular weight excluding hydrogens is 767 g/mol. The first-order valence-electron chi connectivity index (χ1n) is 17.1. The summed E-state index contributed by atoms with van der Waals surface area (Å²) in [5, 5.41) is 3.94. The van der Waals surface area contributed by atoms with Crippen LogP contribution in [0, 0.1) is 5.92 Å². The number of hydrogen-bond acceptors (Lipinski definition) is 11. The fourth-order valence-electron chi connectivity index (χ4n) is 5.82. The molecule has 0 aliphatic carbocycles. The summed E-state index contributed by atoms with van der Waals surface area (Å²) in [6, 6.07) is 16.4. The number of pyridine rings is 1. The van der Waals surface area contributed by atoms with Crippen molar-refractivity contribution in [1.29, 1.82) is 0 Å². The van der Waals surface area contributed by atoms with Crippen molar-refractivity contribution >= 4 is 46.5 Å². The Bertz CT molecular complexity index is 1780. The van der Waals surface area contributed by atoms with Crippen molar-refractivity contribution < 1.29 is 52.5 Å². The zero-order valence-electron chi connectivity index (χ0n) is 29.8. The van der Waals surface area contributed by atoms with Crippen LogP contribution in [-0.2, 0) is 32.0 Å². The van der Waals surface area contributed by atoms with Gasteiger partial charge in [0, 0.05) is 30.5 Å². The van der Waals surface area contributed by atoms with Gasteiger partial charge >= 0.3 is 18.6 Å².